The van der Waals surface area contributed by atoms with Gasteiger partial charge in [0, 0.05) is 45.6 Å². The third-order valence-electron chi connectivity index (χ3n) is 6.72. The monoisotopic (exact) mass is 640 g/mol. The van der Waals surface area contributed by atoms with Crippen LogP contribution in [0, 0.1) is 17.0 Å². The Kier molecular flexibility index (Phi) is 11.1. The third kappa shape index (κ3) is 8.73. The highest BCUT2D eigenvalue weighted by atomic mass is 32.2. The Morgan fingerprint density at radius 1 is 0.891 bits per heavy atom. The lowest BCUT2D eigenvalue weighted by molar-refractivity contribution is -0.384. The van der Waals surface area contributed by atoms with Crippen molar-refractivity contribution in [3.05, 3.63) is 123 Å². The predicted octanol–water partition coefficient (Wildman–Crippen LogP) is 6.45. The molecule has 0 fully saturated rings. The maximum atomic E-state index is 13.6. The van der Waals surface area contributed by atoms with E-state index in [1.54, 1.807) is 86.6 Å². The molecule has 0 aliphatic carbocycles. The Bertz CT molecular complexity index is 1790. The van der Waals surface area contributed by atoms with E-state index in [2.05, 4.69) is 16.0 Å². The van der Waals surface area contributed by atoms with Crippen LogP contribution in [0.1, 0.15) is 28.4 Å². The van der Waals surface area contributed by atoms with Crippen molar-refractivity contribution in [3.63, 3.8) is 0 Å². The molecule has 12 heteroatoms. The molecule has 236 valence electrons. The summed E-state index contributed by atoms with van der Waals surface area (Å²) in [5.74, 6) is -0.342. The maximum absolute atomic E-state index is 13.6. The number of benzene rings is 4. The molecule has 3 amide bonds. The van der Waals surface area contributed by atoms with Gasteiger partial charge in [0.15, 0.2) is 0 Å². The summed E-state index contributed by atoms with van der Waals surface area (Å²) in [6.07, 6.45) is 1.51. The highest BCUT2D eigenvalue weighted by Gasteiger charge is 2.19. The van der Waals surface area contributed by atoms with Gasteiger partial charge in [-0.3, -0.25) is 24.5 Å². The van der Waals surface area contributed by atoms with Crippen molar-refractivity contribution in [1.82, 2.24) is 5.32 Å². The Balaban J connectivity index is 1.52. The zero-order chi connectivity index (χ0) is 33.2. The summed E-state index contributed by atoms with van der Waals surface area (Å²) in [5, 5.41) is 18.8. The van der Waals surface area contributed by atoms with Crippen LogP contribution in [-0.2, 0) is 9.59 Å². The molecule has 4 aromatic carbocycles. The number of aryl methyl sites for hydroxylation is 1. The van der Waals surface area contributed by atoms with Gasteiger partial charge in [0.2, 0.25) is 5.91 Å². The number of anilines is 2. The normalized spacial score (nSPS) is 11.6. The minimum Gasteiger partial charge on any atom is -0.497 e. The summed E-state index contributed by atoms with van der Waals surface area (Å²) in [5.41, 5.74) is 2.32. The van der Waals surface area contributed by atoms with Crippen molar-refractivity contribution in [2.24, 2.45) is 0 Å². The minimum atomic E-state index is -0.580. The SMILES string of the molecule is COc1ccc(/C=C(/NC(=O)c2ccccc2)C(=O)Nc2cccc(SC(C)C(=O)Nc3ccc([N+](=O)[O-])cc3C)c2)c(OC)c1. The molecular formula is C34H32N4O7S. The highest BCUT2D eigenvalue weighted by molar-refractivity contribution is 8.00. The molecule has 0 heterocycles. The highest BCUT2D eigenvalue weighted by Crippen LogP contribution is 2.29. The molecule has 1 atom stereocenters. The van der Waals surface area contributed by atoms with Crippen LogP contribution in [0.5, 0.6) is 11.5 Å². The molecule has 0 spiro atoms. The van der Waals surface area contributed by atoms with Crippen LogP contribution in [0.15, 0.2) is 102 Å². The number of nitrogens with zero attached hydrogens (tertiary/aromatic N) is 1. The lowest BCUT2D eigenvalue weighted by Crippen LogP contribution is -2.30. The van der Waals surface area contributed by atoms with Crippen LogP contribution in [0.2, 0.25) is 0 Å². The number of carbonyl (C=O) groups excluding carboxylic acids is 3. The molecule has 0 radical (unpaired) electrons. The Hall–Kier alpha value is -5.62. The van der Waals surface area contributed by atoms with Crippen molar-refractivity contribution in [2.75, 3.05) is 24.9 Å². The smallest absolute Gasteiger partial charge is 0.272 e. The lowest BCUT2D eigenvalue weighted by atomic mass is 10.1. The van der Waals surface area contributed by atoms with Crippen molar-refractivity contribution in [2.45, 2.75) is 24.0 Å². The number of nitro groups is 1. The second-order valence-corrected chi connectivity index (χ2v) is 11.4. The van der Waals surface area contributed by atoms with Gasteiger partial charge in [0.05, 0.1) is 24.4 Å². The van der Waals surface area contributed by atoms with Crippen molar-refractivity contribution in [3.8, 4) is 11.5 Å². The van der Waals surface area contributed by atoms with Gasteiger partial charge in [-0.1, -0.05) is 24.3 Å². The van der Waals surface area contributed by atoms with Crippen LogP contribution in [0.25, 0.3) is 6.08 Å². The fraction of sp³-hybridized carbons (Fsp3) is 0.147. The Labute approximate surface area is 270 Å². The molecule has 11 nitrogen and oxygen atoms in total. The van der Waals surface area contributed by atoms with Crippen LogP contribution in [-0.4, -0.2) is 42.1 Å². The largest absolute Gasteiger partial charge is 0.497 e. The molecule has 0 aliphatic rings. The van der Waals surface area contributed by atoms with Gasteiger partial charge >= 0.3 is 0 Å². The number of methoxy groups -OCH3 is 2. The molecule has 1 unspecified atom stereocenters. The average molecular weight is 641 g/mol. The van der Waals surface area contributed by atoms with E-state index in [9.17, 15) is 24.5 Å². The number of hydrogen-bond acceptors (Lipinski definition) is 8. The first-order valence-corrected chi connectivity index (χ1v) is 14.9. The fourth-order valence-corrected chi connectivity index (χ4v) is 5.20. The molecular weight excluding hydrogens is 608 g/mol. The number of carbonyl (C=O) groups is 3. The number of ether oxygens (including phenoxy) is 2. The predicted molar refractivity (Wildman–Crippen MR) is 178 cm³/mol. The molecule has 46 heavy (non-hydrogen) atoms. The van der Waals surface area contributed by atoms with E-state index in [0.29, 0.717) is 44.5 Å². The third-order valence-corrected chi connectivity index (χ3v) is 7.82. The standard InChI is InChI=1S/C34H32N4O7S/c1-21-17-26(38(42)43)14-16-29(21)36-32(39)22(2)46-28-12-8-11-25(19-28)35-34(41)30(37-33(40)23-9-6-5-7-10-23)18-24-13-15-27(44-3)20-31(24)45-4/h5-20,22H,1-4H3,(H,35,41)(H,36,39)(H,37,40)/b30-18+. The fourth-order valence-electron chi connectivity index (χ4n) is 4.27. The van der Waals surface area contributed by atoms with Crippen molar-refractivity contribution < 1.29 is 28.8 Å². The first-order chi connectivity index (χ1) is 22.1. The minimum absolute atomic E-state index is 0.0263. The van der Waals surface area contributed by atoms with Gasteiger partial charge in [-0.25, -0.2) is 0 Å². The van der Waals surface area contributed by atoms with Crippen molar-refractivity contribution >= 4 is 52.6 Å². The quantitative estimate of drug-likeness (QED) is 0.0693. The Morgan fingerprint density at radius 3 is 2.33 bits per heavy atom. The number of nitrogens with one attached hydrogen (secondary N) is 3. The number of rotatable bonds is 12. The molecule has 0 aliphatic heterocycles. The van der Waals surface area contributed by atoms with E-state index < -0.39 is 22.0 Å². The molecule has 3 N–H and O–H groups in total. The van der Waals surface area contributed by atoms with Gasteiger partial charge in [-0.15, -0.1) is 11.8 Å². The van der Waals surface area contributed by atoms with Gasteiger partial charge in [0.1, 0.15) is 17.2 Å². The van der Waals surface area contributed by atoms with E-state index >= 15 is 0 Å². The summed E-state index contributed by atoms with van der Waals surface area (Å²) in [6.45, 7) is 3.41. The van der Waals surface area contributed by atoms with Crippen LogP contribution in [0.4, 0.5) is 17.1 Å². The lowest BCUT2D eigenvalue weighted by Gasteiger charge is -2.15. The van der Waals surface area contributed by atoms with E-state index in [0.717, 1.165) is 0 Å². The molecule has 4 aromatic rings. The van der Waals surface area contributed by atoms with Gasteiger partial charge in [0.25, 0.3) is 17.5 Å². The summed E-state index contributed by atoms with van der Waals surface area (Å²) in [4.78, 5) is 50.8. The number of amides is 3. The van der Waals surface area contributed by atoms with Gasteiger partial charge in [-0.05, 0) is 74.0 Å². The zero-order valence-electron chi connectivity index (χ0n) is 25.5. The number of non-ortho nitro benzene ring substituents is 1. The van der Waals surface area contributed by atoms with E-state index in [-0.39, 0.29) is 17.3 Å². The Morgan fingerprint density at radius 2 is 1.65 bits per heavy atom. The second-order valence-electron chi connectivity index (χ2n) is 9.97. The molecule has 0 saturated carbocycles. The maximum Gasteiger partial charge on any atom is 0.272 e. The summed E-state index contributed by atoms with van der Waals surface area (Å²) in [6, 6.07) is 24.8. The number of hydrogen-bond donors (Lipinski definition) is 3. The summed E-state index contributed by atoms with van der Waals surface area (Å²) in [7, 11) is 3.02. The van der Waals surface area contributed by atoms with E-state index in [1.165, 1.54) is 50.3 Å². The first-order valence-electron chi connectivity index (χ1n) is 14.0. The molecule has 0 saturated heterocycles. The molecule has 4 rings (SSSR count). The average Bonchev–Trinajstić information content (AvgIpc) is 3.05. The summed E-state index contributed by atoms with van der Waals surface area (Å²) >= 11 is 1.27. The van der Waals surface area contributed by atoms with E-state index in [4.69, 9.17) is 9.47 Å². The second kappa shape index (κ2) is 15.4. The zero-order valence-corrected chi connectivity index (χ0v) is 26.3. The van der Waals surface area contributed by atoms with Crippen LogP contribution >= 0.6 is 11.8 Å². The van der Waals surface area contributed by atoms with Crippen molar-refractivity contribution in [1.29, 1.82) is 0 Å². The first kappa shape index (κ1) is 33.3. The van der Waals surface area contributed by atoms with E-state index in [1.807, 2.05) is 0 Å². The number of thioether (sulfide) groups is 1. The summed E-state index contributed by atoms with van der Waals surface area (Å²) < 4.78 is 10.7. The van der Waals surface area contributed by atoms with Gasteiger partial charge in [-0.2, -0.15) is 0 Å². The van der Waals surface area contributed by atoms with Gasteiger partial charge < -0.3 is 25.4 Å². The molecule has 0 bridgehead atoms. The van der Waals surface area contributed by atoms with Crippen LogP contribution < -0.4 is 25.4 Å². The van der Waals surface area contributed by atoms with Crippen LogP contribution in [0.3, 0.4) is 0 Å². The number of nitro benzene ring substituents is 1. The molecule has 0 aromatic heterocycles. The topological polar surface area (TPSA) is 149 Å².